The lowest BCUT2D eigenvalue weighted by atomic mass is 10.1. The number of nitrogens with zero attached hydrogens (tertiary/aromatic N) is 1. The Morgan fingerprint density at radius 3 is 3.04 bits per heavy atom. The van der Waals surface area contributed by atoms with Gasteiger partial charge in [0.05, 0.1) is 5.56 Å². The van der Waals surface area contributed by atoms with Gasteiger partial charge in [-0.1, -0.05) is 11.6 Å². The molecule has 1 aliphatic rings. The highest BCUT2D eigenvalue weighted by Crippen LogP contribution is 2.25. The Labute approximate surface area is 142 Å². The van der Waals surface area contributed by atoms with Gasteiger partial charge < -0.3 is 9.97 Å². The van der Waals surface area contributed by atoms with Crippen molar-refractivity contribution in [3.63, 3.8) is 0 Å². The summed E-state index contributed by atoms with van der Waals surface area (Å²) in [7, 11) is 0. The molecule has 3 aromatic rings. The predicted octanol–water partition coefficient (Wildman–Crippen LogP) is 3.13. The van der Waals surface area contributed by atoms with E-state index >= 15 is 0 Å². The van der Waals surface area contributed by atoms with Crippen LogP contribution in [0, 0.1) is 4.77 Å². The zero-order valence-electron chi connectivity index (χ0n) is 12.3. The molecule has 3 heterocycles. The van der Waals surface area contributed by atoms with Crippen molar-refractivity contribution >= 4 is 34.7 Å². The summed E-state index contributed by atoms with van der Waals surface area (Å²) in [6, 6.07) is 5.84. The number of nitrogens with one attached hydrogen (secondary N) is 3. The molecular weight excluding hydrogens is 332 g/mol. The Morgan fingerprint density at radius 2 is 2.17 bits per heavy atom. The van der Waals surface area contributed by atoms with Crippen LogP contribution in [0.3, 0.4) is 0 Å². The van der Waals surface area contributed by atoms with E-state index in [-0.39, 0.29) is 5.56 Å². The molecule has 118 valence electrons. The standard InChI is InChI=1S/C16H15ClN4OS/c17-10-1-2-13-11(5-10)9(6-18-13)7-21-4-3-14-12(8-21)15(22)20-16(23)19-14/h1-2,5-6,18H,3-4,7-8H2,(H2,19,20,22,23). The molecule has 0 bridgehead atoms. The normalized spacial score (nSPS) is 15.0. The first-order valence-electron chi connectivity index (χ1n) is 7.42. The molecule has 0 unspecified atom stereocenters. The van der Waals surface area contributed by atoms with E-state index in [9.17, 15) is 4.79 Å². The van der Waals surface area contributed by atoms with Crippen molar-refractivity contribution in [2.24, 2.45) is 0 Å². The number of rotatable bonds is 2. The lowest BCUT2D eigenvalue weighted by Crippen LogP contribution is -2.35. The number of hydrogen-bond donors (Lipinski definition) is 3. The summed E-state index contributed by atoms with van der Waals surface area (Å²) in [6.45, 7) is 2.27. The van der Waals surface area contributed by atoms with Gasteiger partial charge in [0, 0.05) is 53.9 Å². The fourth-order valence-corrected chi connectivity index (χ4v) is 3.56. The molecule has 0 saturated heterocycles. The zero-order valence-corrected chi connectivity index (χ0v) is 13.9. The van der Waals surface area contributed by atoms with E-state index in [4.69, 9.17) is 23.8 Å². The summed E-state index contributed by atoms with van der Waals surface area (Å²) in [4.78, 5) is 23.4. The third-order valence-corrected chi connectivity index (χ3v) is 4.75. The van der Waals surface area contributed by atoms with Crippen molar-refractivity contribution in [3.05, 3.63) is 61.4 Å². The topological polar surface area (TPSA) is 67.7 Å². The van der Waals surface area contributed by atoms with E-state index in [2.05, 4.69) is 19.9 Å². The molecule has 3 N–H and O–H groups in total. The smallest absolute Gasteiger partial charge is 0.256 e. The van der Waals surface area contributed by atoms with Gasteiger partial charge in [-0.05, 0) is 36.0 Å². The second-order valence-electron chi connectivity index (χ2n) is 5.83. The number of halogens is 1. The molecule has 7 heteroatoms. The molecule has 0 spiro atoms. The molecule has 0 fully saturated rings. The van der Waals surface area contributed by atoms with Crippen molar-refractivity contribution in [1.82, 2.24) is 19.9 Å². The number of aromatic nitrogens is 3. The van der Waals surface area contributed by atoms with Crippen LogP contribution in [-0.4, -0.2) is 26.4 Å². The fourth-order valence-electron chi connectivity index (χ4n) is 3.17. The van der Waals surface area contributed by atoms with Gasteiger partial charge >= 0.3 is 0 Å². The second kappa shape index (κ2) is 5.63. The van der Waals surface area contributed by atoms with E-state index in [1.807, 2.05) is 24.4 Å². The fraction of sp³-hybridized carbons (Fsp3) is 0.250. The number of H-pyrrole nitrogens is 3. The van der Waals surface area contributed by atoms with Gasteiger partial charge in [-0.15, -0.1) is 0 Å². The highest BCUT2D eigenvalue weighted by Gasteiger charge is 2.20. The summed E-state index contributed by atoms with van der Waals surface area (Å²) in [5.74, 6) is 0. The van der Waals surface area contributed by atoms with E-state index in [0.29, 0.717) is 11.3 Å². The molecule has 0 radical (unpaired) electrons. The van der Waals surface area contributed by atoms with Crippen LogP contribution in [0.2, 0.25) is 5.02 Å². The van der Waals surface area contributed by atoms with E-state index < -0.39 is 0 Å². The maximum absolute atomic E-state index is 12.1. The van der Waals surface area contributed by atoms with Crippen LogP contribution in [-0.2, 0) is 19.5 Å². The lowest BCUT2D eigenvalue weighted by Gasteiger charge is -2.27. The Morgan fingerprint density at radius 1 is 1.30 bits per heavy atom. The molecule has 1 aromatic carbocycles. The SMILES string of the molecule is O=c1[nH]c(=S)[nH]c2c1CN(Cc1c[nH]c3ccc(Cl)cc13)CC2. The van der Waals surface area contributed by atoms with Crippen LogP contribution in [0.4, 0.5) is 0 Å². The third kappa shape index (κ3) is 2.73. The van der Waals surface area contributed by atoms with Crippen molar-refractivity contribution in [1.29, 1.82) is 0 Å². The lowest BCUT2D eigenvalue weighted by molar-refractivity contribution is 0.242. The molecular formula is C16H15ClN4OS. The molecule has 2 aromatic heterocycles. The number of hydrogen-bond acceptors (Lipinski definition) is 3. The Bertz CT molecular complexity index is 1000. The van der Waals surface area contributed by atoms with Gasteiger partial charge in [-0.2, -0.15) is 0 Å². The monoisotopic (exact) mass is 346 g/mol. The van der Waals surface area contributed by atoms with Crippen LogP contribution < -0.4 is 5.56 Å². The first kappa shape index (κ1) is 14.7. The van der Waals surface area contributed by atoms with Crippen molar-refractivity contribution in [2.75, 3.05) is 6.54 Å². The number of fused-ring (bicyclic) bond motifs is 2. The van der Waals surface area contributed by atoms with Crippen LogP contribution in [0.5, 0.6) is 0 Å². The molecule has 0 aliphatic carbocycles. The van der Waals surface area contributed by atoms with Crippen molar-refractivity contribution < 1.29 is 0 Å². The summed E-state index contributed by atoms with van der Waals surface area (Å²) < 4.78 is 0.397. The molecule has 23 heavy (non-hydrogen) atoms. The summed E-state index contributed by atoms with van der Waals surface area (Å²) in [6.07, 6.45) is 2.81. The Kier molecular flexibility index (Phi) is 3.60. The summed E-state index contributed by atoms with van der Waals surface area (Å²) in [5.41, 5.74) is 3.91. The summed E-state index contributed by atoms with van der Waals surface area (Å²) in [5, 5.41) is 1.86. The Balaban J connectivity index is 1.64. The average Bonchev–Trinajstić information content (AvgIpc) is 2.90. The van der Waals surface area contributed by atoms with Gasteiger partial charge in [0.15, 0.2) is 4.77 Å². The minimum atomic E-state index is -0.0876. The second-order valence-corrected chi connectivity index (χ2v) is 6.67. The number of benzene rings is 1. The molecule has 5 nitrogen and oxygen atoms in total. The first-order chi connectivity index (χ1) is 11.1. The van der Waals surface area contributed by atoms with Gasteiger partial charge in [0.25, 0.3) is 5.56 Å². The van der Waals surface area contributed by atoms with Crippen LogP contribution >= 0.6 is 23.8 Å². The molecule has 0 saturated carbocycles. The van der Waals surface area contributed by atoms with Crippen LogP contribution in [0.15, 0.2) is 29.2 Å². The largest absolute Gasteiger partial charge is 0.361 e. The number of aromatic amines is 3. The third-order valence-electron chi connectivity index (χ3n) is 4.31. The van der Waals surface area contributed by atoms with E-state index in [0.717, 1.165) is 46.7 Å². The van der Waals surface area contributed by atoms with Crippen molar-refractivity contribution in [3.8, 4) is 0 Å². The van der Waals surface area contributed by atoms with E-state index in [1.54, 1.807) is 0 Å². The molecule has 1 aliphatic heterocycles. The molecule has 0 atom stereocenters. The predicted molar refractivity (Wildman–Crippen MR) is 93.4 cm³/mol. The van der Waals surface area contributed by atoms with Crippen LogP contribution in [0.1, 0.15) is 16.8 Å². The zero-order chi connectivity index (χ0) is 16.0. The minimum Gasteiger partial charge on any atom is -0.361 e. The maximum atomic E-state index is 12.1. The van der Waals surface area contributed by atoms with E-state index in [1.165, 1.54) is 5.56 Å². The Hall–Kier alpha value is -1.89. The average molecular weight is 347 g/mol. The highest BCUT2D eigenvalue weighted by atomic mass is 35.5. The van der Waals surface area contributed by atoms with Gasteiger partial charge in [-0.25, -0.2) is 0 Å². The van der Waals surface area contributed by atoms with Gasteiger partial charge in [-0.3, -0.25) is 14.7 Å². The highest BCUT2D eigenvalue weighted by molar-refractivity contribution is 7.71. The van der Waals surface area contributed by atoms with Gasteiger partial charge in [0.1, 0.15) is 0 Å². The maximum Gasteiger partial charge on any atom is 0.256 e. The molecule has 0 amide bonds. The molecule has 4 rings (SSSR count). The minimum absolute atomic E-state index is 0.0876. The van der Waals surface area contributed by atoms with Crippen LogP contribution in [0.25, 0.3) is 10.9 Å². The quantitative estimate of drug-likeness (QED) is 0.624. The summed E-state index contributed by atoms with van der Waals surface area (Å²) >= 11 is 11.1. The first-order valence-corrected chi connectivity index (χ1v) is 8.21. The van der Waals surface area contributed by atoms with Gasteiger partial charge in [0.2, 0.25) is 0 Å². The van der Waals surface area contributed by atoms with Crippen molar-refractivity contribution in [2.45, 2.75) is 19.5 Å².